The van der Waals surface area contributed by atoms with Gasteiger partial charge in [0.1, 0.15) is 11.9 Å². The SMILES string of the molecule is COc1ccc(S(=O)(=O)N[C@@H](C)C(=O)N2CCN(C(=O)C3CCCO3)CC2)cc1. The molecule has 3 rings (SSSR count). The van der Waals surface area contributed by atoms with Gasteiger partial charge in [-0.2, -0.15) is 4.72 Å². The molecule has 0 bridgehead atoms. The Labute approximate surface area is 171 Å². The number of nitrogens with zero attached hydrogens (tertiary/aromatic N) is 2. The van der Waals surface area contributed by atoms with Crippen molar-refractivity contribution in [2.24, 2.45) is 0 Å². The fourth-order valence-corrected chi connectivity index (χ4v) is 4.70. The second-order valence-corrected chi connectivity index (χ2v) is 8.88. The van der Waals surface area contributed by atoms with Gasteiger partial charge in [0.2, 0.25) is 15.9 Å². The first-order valence-corrected chi connectivity index (χ1v) is 11.2. The maximum absolute atomic E-state index is 12.7. The summed E-state index contributed by atoms with van der Waals surface area (Å²) in [6.45, 7) is 3.70. The standard InChI is InChI=1S/C19H27N3O6S/c1-14(20-29(25,26)16-7-5-15(27-2)6-8-16)18(23)21-9-11-22(12-10-21)19(24)17-4-3-13-28-17/h5-8,14,17,20H,3-4,9-13H2,1-2H3/t14-,17?/m0/s1. The lowest BCUT2D eigenvalue weighted by Gasteiger charge is -2.36. The van der Waals surface area contributed by atoms with Crippen LogP contribution in [0.25, 0.3) is 0 Å². The summed E-state index contributed by atoms with van der Waals surface area (Å²) in [7, 11) is -2.34. The van der Waals surface area contributed by atoms with Gasteiger partial charge in [0.05, 0.1) is 18.0 Å². The van der Waals surface area contributed by atoms with E-state index in [1.54, 1.807) is 21.9 Å². The highest BCUT2D eigenvalue weighted by atomic mass is 32.2. The highest BCUT2D eigenvalue weighted by Crippen LogP contribution is 2.17. The molecule has 160 valence electrons. The first-order valence-electron chi connectivity index (χ1n) is 9.67. The van der Waals surface area contributed by atoms with Crippen LogP contribution in [-0.4, -0.2) is 82.1 Å². The molecule has 2 heterocycles. The average molecular weight is 426 g/mol. The van der Waals surface area contributed by atoms with Gasteiger partial charge in [-0.25, -0.2) is 8.42 Å². The van der Waals surface area contributed by atoms with Crippen molar-refractivity contribution in [1.29, 1.82) is 0 Å². The van der Waals surface area contributed by atoms with Crippen LogP contribution in [0.1, 0.15) is 19.8 Å². The van der Waals surface area contributed by atoms with E-state index in [1.807, 2.05) is 0 Å². The molecule has 2 amide bonds. The van der Waals surface area contributed by atoms with E-state index in [4.69, 9.17) is 9.47 Å². The Kier molecular flexibility index (Phi) is 6.76. The molecule has 0 aliphatic carbocycles. The molecule has 0 saturated carbocycles. The van der Waals surface area contributed by atoms with Crippen molar-refractivity contribution in [3.63, 3.8) is 0 Å². The Morgan fingerprint density at radius 3 is 2.31 bits per heavy atom. The zero-order valence-corrected chi connectivity index (χ0v) is 17.5. The molecule has 2 aliphatic rings. The van der Waals surface area contributed by atoms with Crippen LogP contribution in [0.5, 0.6) is 5.75 Å². The number of amides is 2. The van der Waals surface area contributed by atoms with Gasteiger partial charge >= 0.3 is 0 Å². The van der Waals surface area contributed by atoms with Crippen molar-refractivity contribution >= 4 is 21.8 Å². The number of piperazine rings is 1. The quantitative estimate of drug-likeness (QED) is 0.699. The molecule has 0 radical (unpaired) electrons. The molecule has 1 N–H and O–H groups in total. The van der Waals surface area contributed by atoms with E-state index in [2.05, 4.69) is 4.72 Å². The Bertz CT molecular complexity index is 828. The number of hydrogen-bond acceptors (Lipinski definition) is 6. The number of sulfonamides is 1. The van der Waals surface area contributed by atoms with Crippen molar-refractivity contribution < 1.29 is 27.5 Å². The highest BCUT2D eigenvalue weighted by molar-refractivity contribution is 7.89. The number of carbonyl (C=O) groups is 2. The minimum atomic E-state index is -3.84. The molecule has 2 fully saturated rings. The zero-order chi connectivity index (χ0) is 21.0. The summed E-state index contributed by atoms with van der Waals surface area (Å²) >= 11 is 0. The Hall–Kier alpha value is -2.17. The van der Waals surface area contributed by atoms with Gasteiger partial charge in [-0.1, -0.05) is 0 Å². The summed E-state index contributed by atoms with van der Waals surface area (Å²) in [4.78, 5) is 28.4. The summed E-state index contributed by atoms with van der Waals surface area (Å²) in [5, 5.41) is 0. The van der Waals surface area contributed by atoms with Crippen molar-refractivity contribution in [2.45, 2.75) is 36.8 Å². The summed E-state index contributed by atoms with van der Waals surface area (Å²) in [6, 6.07) is 5.03. The lowest BCUT2D eigenvalue weighted by atomic mass is 10.2. The minimum Gasteiger partial charge on any atom is -0.497 e. The van der Waals surface area contributed by atoms with Crippen LogP contribution < -0.4 is 9.46 Å². The van der Waals surface area contributed by atoms with Crippen molar-refractivity contribution in [3.8, 4) is 5.75 Å². The van der Waals surface area contributed by atoms with Gasteiger partial charge in [-0.05, 0) is 44.0 Å². The Morgan fingerprint density at radius 2 is 1.76 bits per heavy atom. The molecule has 2 aliphatic heterocycles. The van der Waals surface area contributed by atoms with E-state index >= 15 is 0 Å². The molecule has 29 heavy (non-hydrogen) atoms. The molecule has 10 heteroatoms. The summed E-state index contributed by atoms with van der Waals surface area (Å²) in [6.07, 6.45) is 1.26. The molecule has 2 saturated heterocycles. The molecule has 1 aromatic carbocycles. The van der Waals surface area contributed by atoms with E-state index in [1.165, 1.54) is 26.2 Å². The van der Waals surface area contributed by atoms with Crippen molar-refractivity contribution in [3.05, 3.63) is 24.3 Å². The van der Waals surface area contributed by atoms with Gasteiger partial charge < -0.3 is 19.3 Å². The highest BCUT2D eigenvalue weighted by Gasteiger charge is 2.33. The maximum atomic E-state index is 12.7. The summed E-state index contributed by atoms with van der Waals surface area (Å²) in [5.41, 5.74) is 0. The molecule has 0 aromatic heterocycles. The van der Waals surface area contributed by atoms with Gasteiger partial charge in [-0.15, -0.1) is 0 Å². The molecule has 1 unspecified atom stereocenters. The minimum absolute atomic E-state index is 0.0251. The second kappa shape index (κ2) is 9.10. The number of hydrogen-bond donors (Lipinski definition) is 1. The van der Waals surface area contributed by atoms with Gasteiger partial charge in [0, 0.05) is 32.8 Å². The average Bonchev–Trinajstić information content (AvgIpc) is 3.27. The van der Waals surface area contributed by atoms with E-state index < -0.39 is 16.1 Å². The topological polar surface area (TPSA) is 105 Å². The third-order valence-corrected chi connectivity index (χ3v) is 6.74. The normalized spacial score (nSPS) is 21.1. The largest absolute Gasteiger partial charge is 0.497 e. The van der Waals surface area contributed by atoms with Crippen molar-refractivity contribution in [2.75, 3.05) is 39.9 Å². The van der Waals surface area contributed by atoms with Crippen LogP contribution >= 0.6 is 0 Å². The lowest BCUT2D eigenvalue weighted by molar-refractivity contribution is -0.146. The van der Waals surface area contributed by atoms with Crippen LogP contribution in [0.4, 0.5) is 0 Å². The van der Waals surface area contributed by atoms with Crippen molar-refractivity contribution in [1.82, 2.24) is 14.5 Å². The van der Waals surface area contributed by atoms with Crippen LogP contribution in [0.2, 0.25) is 0 Å². The van der Waals surface area contributed by atoms with Gasteiger partial charge in [0.25, 0.3) is 5.91 Å². The number of carbonyl (C=O) groups excluding carboxylic acids is 2. The smallest absolute Gasteiger partial charge is 0.251 e. The zero-order valence-electron chi connectivity index (χ0n) is 16.7. The Morgan fingerprint density at radius 1 is 1.14 bits per heavy atom. The molecule has 2 atom stereocenters. The fraction of sp³-hybridized carbons (Fsp3) is 0.579. The number of ether oxygens (including phenoxy) is 2. The monoisotopic (exact) mass is 425 g/mol. The first kappa shape index (κ1) is 21.5. The number of nitrogens with one attached hydrogen (secondary N) is 1. The van der Waals surface area contributed by atoms with Gasteiger partial charge in [-0.3, -0.25) is 9.59 Å². The summed E-state index contributed by atoms with van der Waals surface area (Å²) in [5.74, 6) is 0.206. The molecule has 9 nitrogen and oxygen atoms in total. The molecule has 1 aromatic rings. The molecular weight excluding hydrogens is 398 g/mol. The van der Waals surface area contributed by atoms with Crippen LogP contribution in [0, 0.1) is 0 Å². The first-order chi connectivity index (χ1) is 13.8. The summed E-state index contributed by atoms with van der Waals surface area (Å²) < 4.78 is 37.9. The second-order valence-electron chi connectivity index (χ2n) is 7.17. The van der Waals surface area contributed by atoms with E-state index in [-0.39, 0.29) is 22.8 Å². The van der Waals surface area contributed by atoms with E-state index in [0.717, 1.165) is 12.8 Å². The van der Waals surface area contributed by atoms with Crippen LogP contribution in [-0.2, 0) is 24.3 Å². The number of methoxy groups -OCH3 is 1. The van der Waals surface area contributed by atoms with Crippen LogP contribution in [0.15, 0.2) is 29.2 Å². The predicted molar refractivity (Wildman–Crippen MR) is 105 cm³/mol. The third-order valence-electron chi connectivity index (χ3n) is 5.18. The van der Waals surface area contributed by atoms with Gasteiger partial charge in [0.15, 0.2) is 0 Å². The maximum Gasteiger partial charge on any atom is 0.251 e. The molecule has 0 spiro atoms. The number of benzene rings is 1. The van der Waals surface area contributed by atoms with Crippen LogP contribution in [0.3, 0.4) is 0 Å². The Balaban J connectivity index is 1.54. The van der Waals surface area contributed by atoms with E-state index in [9.17, 15) is 18.0 Å². The predicted octanol–water partition coefficient (Wildman–Crippen LogP) is 0.212. The third kappa shape index (κ3) is 5.06. The number of rotatable bonds is 6. The fourth-order valence-electron chi connectivity index (χ4n) is 3.50. The van der Waals surface area contributed by atoms with E-state index in [0.29, 0.717) is 38.5 Å². The molecular formula is C19H27N3O6S. The lowest BCUT2D eigenvalue weighted by Crippen LogP contribution is -2.56.